The highest BCUT2D eigenvalue weighted by Gasteiger charge is 2.28. The lowest BCUT2D eigenvalue weighted by Gasteiger charge is -2.24. The van der Waals surface area contributed by atoms with Crippen LogP contribution >= 0.6 is 23.2 Å². The number of nitrogens with one attached hydrogen (secondary N) is 1. The van der Waals surface area contributed by atoms with Gasteiger partial charge in [0, 0.05) is 26.9 Å². The third kappa shape index (κ3) is 7.36. The van der Waals surface area contributed by atoms with Gasteiger partial charge in [0.15, 0.2) is 5.78 Å². The van der Waals surface area contributed by atoms with Crippen LogP contribution < -0.4 is 9.62 Å². The molecule has 0 unspecified atom stereocenters. The fourth-order valence-electron chi connectivity index (χ4n) is 4.19. The number of ketones is 1. The molecule has 0 radical (unpaired) electrons. The number of rotatable bonds is 8. The number of nitrogens with zero attached hydrogens (tertiary/aromatic N) is 1. The highest BCUT2D eigenvalue weighted by Crippen LogP contribution is 2.30. The Balaban J connectivity index is 1.59. The van der Waals surface area contributed by atoms with E-state index in [9.17, 15) is 18.0 Å². The number of carbonyl (C=O) groups is 2. The maximum Gasteiger partial charge on any atom is 0.264 e. The van der Waals surface area contributed by atoms with Crippen molar-refractivity contribution in [1.29, 1.82) is 0 Å². The molecule has 0 saturated heterocycles. The summed E-state index contributed by atoms with van der Waals surface area (Å²) in [6.45, 7) is 7.59. The van der Waals surface area contributed by atoms with Crippen molar-refractivity contribution in [1.82, 2.24) is 0 Å². The maximum absolute atomic E-state index is 13.7. The van der Waals surface area contributed by atoms with Gasteiger partial charge in [-0.25, -0.2) is 8.42 Å². The first-order valence-corrected chi connectivity index (χ1v) is 15.0. The Morgan fingerprint density at radius 1 is 0.805 bits per heavy atom. The molecule has 4 aromatic rings. The number of carbonyl (C=O) groups excluding carboxylic acids is 2. The molecular weight excluding hydrogens is 579 g/mol. The van der Waals surface area contributed by atoms with Crippen LogP contribution in [-0.4, -0.2) is 26.7 Å². The van der Waals surface area contributed by atoms with Crippen LogP contribution in [-0.2, 0) is 20.2 Å². The summed E-state index contributed by atoms with van der Waals surface area (Å²) in [4.78, 5) is 26.4. The van der Waals surface area contributed by atoms with E-state index in [0.29, 0.717) is 16.8 Å². The summed E-state index contributed by atoms with van der Waals surface area (Å²) < 4.78 is 28.3. The zero-order valence-electron chi connectivity index (χ0n) is 23.1. The first-order valence-electron chi connectivity index (χ1n) is 12.8. The number of anilines is 2. The van der Waals surface area contributed by atoms with Gasteiger partial charge in [-0.3, -0.25) is 13.9 Å². The molecule has 0 spiro atoms. The zero-order valence-corrected chi connectivity index (χ0v) is 25.4. The van der Waals surface area contributed by atoms with Gasteiger partial charge in [0.25, 0.3) is 10.0 Å². The van der Waals surface area contributed by atoms with E-state index < -0.39 is 22.5 Å². The molecular formula is C32H30Cl2N2O4S. The van der Waals surface area contributed by atoms with E-state index in [1.807, 2.05) is 19.1 Å². The smallest absolute Gasteiger partial charge is 0.264 e. The molecule has 0 aliphatic rings. The molecule has 0 bridgehead atoms. The van der Waals surface area contributed by atoms with Crippen molar-refractivity contribution < 1.29 is 18.0 Å². The number of halogens is 2. The van der Waals surface area contributed by atoms with Gasteiger partial charge in [-0.15, -0.1) is 0 Å². The molecule has 9 heteroatoms. The molecule has 1 amide bonds. The third-order valence-electron chi connectivity index (χ3n) is 6.45. The van der Waals surface area contributed by atoms with Crippen molar-refractivity contribution in [2.75, 3.05) is 16.2 Å². The number of benzene rings is 4. The lowest BCUT2D eigenvalue weighted by atomic mass is 9.86. The molecule has 0 atom stereocenters. The van der Waals surface area contributed by atoms with Gasteiger partial charge in [-0.1, -0.05) is 98.1 Å². The van der Waals surface area contributed by atoms with Crippen molar-refractivity contribution in [2.45, 2.75) is 38.0 Å². The molecule has 0 fully saturated rings. The lowest BCUT2D eigenvalue weighted by Crippen LogP contribution is -2.38. The monoisotopic (exact) mass is 608 g/mol. The van der Waals surface area contributed by atoms with Crippen LogP contribution in [0.2, 0.25) is 10.0 Å². The molecule has 0 aromatic heterocycles. The average Bonchev–Trinajstić information content (AvgIpc) is 2.90. The van der Waals surface area contributed by atoms with Gasteiger partial charge in [0.05, 0.1) is 10.6 Å². The maximum atomic E-state index is 13.7. The molecule has 4 aromatic carbocycles. The van der Waals surface area contributed by atoms with Crippen LogP contribution in [0.4, 0.5) is 11.4 Å². The third-order valence-corrected chi connectivity index (χ3v) is 8.68. The molecule has 0 aliphatic heterocycles. The summed E-state index contributed by atoms with van der Waals surface area (Å²) >= 11 is 12.3. The normalized spacial score (nSPS) is 11.7. The molecule has 212 valence electrons. The Hall–Kier alpha value is -3.65. The summed E-state index contributed by atoms with van der Waals surface area (Å²) in [5.41, 5.74) is 3.36. The average molecular weight is 610 g/mol. The molecule has 1 N–H and O–H groups in total. The van der Waals surface area contributed by atoms with E-state index in [0.717, 1.165) is 15.4 Å². The minimum Gasteiger partial charge on any atom is -0.324 e. The van der Waals surface area contributed by atoms with E-state index in [2.05, 4.69) is 26.1 Å². The van der Waals surface area contributed by atoms with Gasteiger partial charge in [-0.05, 0) is 60.4 Å². The van der Waals surface area contributed by atoms with Crippen molar-refractivity contribution >= 4 is 56.3 Å². The minimum absolute atomic E-state index is 0.0112. The largest absolute Gasteiger partial charge is 0.324 e. The summed E-state index contributed by atoms with van der Waals surface area (Å²) in [6, 6.07) is 24.6. The fraction of sp³-hybridized carbons (Fsp3) is 0.188. The van der Waals surface area contributed by atoms with E-state index in [1.54, 1.807) is 48.5 Å². The van der Waals surface area contributed by atoms with Crippen LogP contribution in [0, 0.1) is 6.92 Å². The lowest BCUT2D eigenvalue weighted by molar-refractivity contribution is -0.114. The number of hydrogen-bond donors (Lipinski definition) is 1. The first kappa shape index (κ1) is 30.3. The summed E-state index contributed by atoms with van der Waals surface area (Å²) in [6.07, 6.45) is 0. The number of hydrogen-bond acceptors (Lipinski definition) is 4. The zero-order chi connectivity index (χ0) is 29.9. The SMILES string of the molecule is Cc1ccc(S(=O)(=O)N(CC(=O)Nc2cccc(C(=O)c3ccc(C(C)(C)C)cc3)c2)c2cc(Cl)cc(Cl)c2)cc1. The van der Waals surface area contributed by atoms with Crippen molar-refractivity contribution in [3.05, 3.63) is 123 Å². The van der Waals surface area contributed by atoms with Crippen LogP contribution in [0.25, 0.3) is 0 Å². The molecule has 41 heavy (non-hydrogen) atoms. The van der Waals surface area contributed by atoms with Crippen molar-refractivity contribution in [2.24, 2.45) is 0 Å². The highest BCUT2D eigenvalue weighted by molar-refractivity contribution is 7.92. The van der Waals surface area contributed by atoms with Crippen molar-refractivity contribution in [3.8, 4) is 0 Å². The molecule has 0 heterocycles. The van der Waals surface area contributed by atoms with Crippen LogP contribution in [0.3, 0.4) is 0 Å². The second-order valence-electron chi connectivity index (χ2n) is 10.7. The Morgan fingerprint density at radius 3 is 2.00 bits per heavy atom. The van der Waals surface area contributed by atoms with Crippen molar-refractivity contribution in [3.63, 3.8) is 0 Å². The summed E-state index contributed by atoms with van der Waals surface area (Å²) in [5, 5.41) is 3.16. The second kappa shape index (κ2) is 12.1. The highest BCUT2D eigenvalue weighted by atomic mass is 35.5. The predicted molar refractivity (Wildman–Crippen MR) is 166 cm³/mol. The first-order chi connectivity index (χ1) is 19.2. The molecule has 6 nitrogen and oxygen atoms in total. The Kier molecular flexibility index (Phi) is 8.92. The Morgan fingerprint density at radius 2 is 1.41 bits per heavy atom. The topological polar surface area (TPSA) is 83.6 Å². The fourth-order valence-corrected chi connectivity index (χ4v) is 6.11. The van der Waals surface area contributed by atoms with Gasteiger partial charge in [0.2, 0.25) is 5.91 Å². The van der Waals surface area contributed by atoms with E-state index in [-0.39, 0.29) is 31.8 Å². The van der Waals surface area contributed by atoms with Gasteiger partial charge < -0.3 is 5.32 Å². The predicted octanol–water partition coefficient (Wildman–Crippen LogP) is 7.66. The van der Waals surface area contributed by atoms with E-state index >= 15 is 0 Å². The minimum atomic E-state index is -4.16. The number of sulfonamides is 1. The number of amides is 1. The second-order valence-corrected chi connectivity index (χ2v) is 13.5. The number of aryl methyl sites for hydroxylation is 1. The standard InChI is InChI=1S/C32H30Cl2N2O4S/c1-21-8-14-29(15-9-21)41(39,40)36(28-18-25(33)17-26(34)19-28)20-30(37)35-27-7-5-6-23(16-27)31(38)22-10-12-24(13-11-22)32(2,3)4/h5-19H,20H2,1-4H3,(H,35,37). The van der Waals surface area contributed by atoms with Gasteiger partial charge >= 0.3 is 0 Å². The van der Waals surface area contributed by atoms with Gasteiger partial charge in [0.1, 0.15) is 6.54 Å². The van der Waals surface area contributed by atoms with Crippen LogP contribution in [0.15, 0.2) is 95.9 Å². The Labute approximate surface area is 251 Å². The molecule has 0 aliphatic carbocycles. The molecule has 4 rings (SSSR count). The summed E-state index contributed by atoms with van der Waals surface area (Å²) in [7, 11) is -4.16. The van der Waals surface area contributed by atoms with Crippen LogP contribution in [0.1, 0.15) is 47.8 Å². The quantitative estimate of drug-likeness (QED) is 0.208. The molecule has 0 saturated carbocycles. The van der Waals surface area contributed by atoms with E-state index in [1.165, 1.54) is 30.3 Å². The van der Waals surface area contributed by atoms with E-state index in [4.69, 9.17) is 23.2 Å². The Bertz CT molecular complexity index is 1680. The van der Waals surface area contributed by atoms with Crippen LogP contribution in [0.5, 0.6) is 0 Å². The van der Waals surface area contributed by atoms with Gasteiger partial charge in [-0.2, -0.15) is 0 Å². The summed E-state index contributed by atoms with van der Waals surface area (Å²) in [5.74, 6) is -0.811.